The number of aliphatic imine (C=N–C) groups is 2. The van der Waals surface area contributed by atoms with Crippen molar-refractivity contribution in [1.82, 2.24) is 9.29 Å². The van der Waals surface area contributed by atoms with Gasteiger partial charge in [0.1, 0.15) is 11.0 Å². The lowest BCUT2D eigenvalue weighted by Gasteiger charge is -2.29. The number of pyridine rings is 1. The normalized spacial score (nSPS) is 19.2. The lowest BCUT2D eigenvalue weighted by Crippen LogP contribution is -2.41. The van der Waals surface area contributed by atoms with Crippen molar-refractivity contribution < 1.29 is 17.4 Å². The Bertz CT molecular complexity index is 1200. The van der Waals surface area contributed by atoms with Gasteiger partial charge in [-0.25, -0.2) is 8.51 Å². The molecule has 5 nitrogen and oxygen atoms in total. The second-order valence-electron chi connectivity index (χ2n) is 8.36. The van der Waals surface area contributed by atoms with Crippen LogP contribution in [-0.2, 0) is 17.2 Å². The Morgan fingerprint density at radius 3 is 2.14 bits per heavy atom. The van der Waals surface area contributed by atoms with Crippen molar-refractivity contribution in [3.05, 3.63) is 101 Å². The maximum atomic E-state index is 13.3. The van der Waals surface area contributed by atoms with Crippen LogP contribution in [0.5, 0.6) is 0 Å². The quantitative estimate of drug-likeness (QED) is 0.459. The molecule has 0 amide bonds. The van der Waals surface area contributed by atoms with Crippen molar-refractivity contribution in [3.8, 4) is 0 Å². The molecule has 35 heavy (non-hydrogen) atoms. The molecule has 3 unspecified atom stereocenters. The number of aromatic nitrogens is 1. The molecule has 0 radical (unpaired) electrons. The first kappa shape index (κ1) is 24.9. The highest BCUT2D eigenvalue weighted by atomic mass is 32.2. The van der Waals surface area contributed by atoms with Crippen molar-refractivity contribution in [2.75, 3.05) is 20.6 Å². The maximum Gasteiger partial charge on any atom is 0.417 e. The summed E-state index contributed by atoms with van der Waals surface area (Å²) < 4.78 is 54.6. The maximum absolute atomic E-state index is 13.3. The molecule has 0 saturated carbocycles. The molecule has 1 aromatic heterocycles. The molecule has 0 saturated heterocycles. The number of nitrogens with zero attached hydrogens (tertiary/aromatic N) is 4. The van der Waals surface area contributed by atoms with Gasteiger partial charge in [-0.05, 0) is 26.6 Å². The Balaban J connectivity index is 1.74. The largest absolute Gasteiger partial charge is 0.417 e. The number of hydrogen-bond donors (Lipinski definition) is 0. The molecule has 0 aliphatic carbocycles. The van der Waals surface area contributed by atoms with E-state index in [0.717, 1.165) is 29.1 Å². The lowest BCUT2D eigenvalue weighted by molar-refractivity contribution is -0.137. The average molecular weight is 499 g/mol. The second kappa shape index (κ2) is 10.6. The summed E-state index contributed by atoms with van der Waals surface area (Å²) in [7, 11) is 1.83. The van der Waals surface area contributed by atoms with Gasteiger partial charge in [-0.2, -0.15) is 13.2 Å². The van der Waals surface area contributed by atoms with E-state index in [0.29, 0.717) is 12.1 Å². The Morgan fingerprint density at radius 1 is 1.00 bits per heavy atom. The fraction of sp³-hybridized carbons (Fsp3) is 0.269. The summed E-state index contributed by atoms with van der Waals surface area (Å²) in [5.74, 6) is 0. The van der Waals surface area contributed by atoms with Gasteiger partial charge in [0, 0.05) is 29.1 Å². The molecule has 3 aromatic rings. The smallest absolute Gasteiger partial charge is 0.286 e. The zero-order valence-corrected chi connectivity index (χ0v) is 20.1. The first-order valence-corrected chi connectivity index (χ1v) is 12.2. The van der Waals surface area contributed by atoms with Gasteiger partial charge in [0.15, 0.2) is 0 Å². The molecule has 0 spiro atoms. The van der Waals surface area contributed by atoms with Crippen molar-refractivity contribution in [2.45, 2.75) is 23.9 Å². The van der Waals surface area contributed by atoms with Crippen molar-refractivity contribution in [1.29, 1.82) is 0 Å². The van der Waals surface area contributed by atoms with Gasteiger partial charge in [-0.3, -0.25) is 15.0 Å². The minimum atomic E-state index is -4.53. The van der Waals surface area contributed by atoms with Crippen LogP contribution in [0.3, 0.4) is 0 Å². The zero-order valence-electron chi connectivity index (χ0n) is 19.3. The molecule has 182 valence electrons. The SMILES string of the molecule is CN(C)S(=O)C1CC(N=C(c2ccccc2)c2ccccc2)CN=C1c1cncc(C(F)(F)F)c1. The summed E-state index contributed by atoms with van der Waals surface area (Å²) in [6.07, 6.45) is -2.02. The molecular formula is C26H25F3N4OS. The molecule has 0 N–H and O–H groups in total. The molecule has 2 heterocycles. The van der Waals surface area contributed by atoms with Gasteiger partial charge >= 0.3 is 6.18 Å². The standard InChI is InChI=1S/C26H25F3N4OS/c1-33(2)35(34)23-14-22(17-31-25(23)20-13-21(16-30-15-20)26(27,28)29)32-24(18-9-5-3-6-10-18)19-11-7-4-8-12-19/h3-13,15-16,22-23H,14,17H2,1-2H3. The van der Waals surface area contributed by atoms with Crippen LogP contribution in [0.2, 0.25) is 0 Å². The van der Waals surface area contributed by atoms with E-state index in [1.165, 1.54) is 6.20 Å². The van der Waals surface area contributed by atoms with E-state index in [1.54, 1.807) is 18.4 Å². The molecule has 2 aromatic carbocycles. The van der Waals surface area contributed by atoms with E-state index in [2.05, 4.69) is 9.98 Å². The molecule has 3 atom stereocenters. The fourth-order valence-corrected chi connectivity index (χ4v) is 5.26. The van der Waals surface area contributed by atoms with Crippen molar-refractivity contribution >= 4 is 22.4 Å². The highest BCUT2D eigenvalue weighted by Gasteiger charge is 2.35. The van der Waals surface area contributed by atoms with Crippen molar-refractivity contribution in [3.63, 3.8) is 0 Å². The minimum absolute atomic E-state index is 0.230. The van der Waals surface area contributed by atoms with Crippen LogP contribution >= 0.6 is 0 Å². The minimum Gasteiger partial charge on any atom is -0.286 e. The topological polar surface area (TPSA) is 57.9 Å². The monoisotopic (exact) mass is 498 g/mol. The zero-order chi connectivity index (χ0) is 25.0. The Morgan fingerprint density at radius 2 is 1.60 bits per heavy atom. The van der Waals surface area contributed by atoms with Gasteiger partial charge in [0.05, 0.1) is 34.8 Å². The third-order valence-electron chi connectivity index (χ3n) is 5.63. The van der Waals surface area contributed by atoms with E-state index in [9.17, 15) is 17.4 Å². The number of alkyl halides is 3. The average Bonchev–Trinajstić information content (AvgIpc) is 2.87. The molecule has 1 aliphatic rings. The van der Waals surface area contributed by atoms with Crippen LogP contribution in [0.1, 0.15) is 28.7 Å². The van der Waals surface area contributed by atoms with Crippen molar-refractivity contribution in [2.24, 2.45) is 9.98 Å². The highest BCUT2D eigenvalue weighted by Crippen LogP contribution is 2.30. The summed E-state index contributed by atoms with van der Waals surface area (Å²) in [5, 5.41) is -0.620. The van der Waals surface area contributed by atoms with Gasteiger partial charge in [-0.15, -0.1) is 0 Å². The van der Waals surface area contributed by atoms with E-state index in [1.807, 2.05) is 60.7 Å². The van der Waals surface area contributed by atoms with E-state index in [4.69, 9.17) is 4.99 Å². The lowest BCUT2D eigenvalue weighted by atomic mass is 9.97. The van der Waals surface area contributed by atoms with Crippen LogP contribution < -0.4 is 0 Å². The second-order valence-corrected chi connectivity index (χ2v) is 10.2. The molecule has 1 aliphatic heterocycles. The van der Waals surface area contributed by atoms with E-state index < -0.39 is 28.0 Å². The predicted octanol–water partition coefficient (Wildman–Crippen LogP) is 4.79. The third-order valence-corrected chi connectivity index (χ3v) is 7.26. The number of rotatable bonds is 6. The molecule has 9 heteroatoms. The predicted molar refractivity (Wildman–Crippen MR) is 133 cm³/mol. The fourth-order valence-electron chi connectivity index (χ4n) is 3.97. The number of halogens is 3. The molecule has 0 bridgehead atoms. The summed E-state index contributed by atoms with van der Waals surface area (Å²) in [5.41, 5.74) is 2.42. The molecular weight excluding hydrogens is 473 g/mol. The summed E-state index contributed by atoms with van der Waals surface area (Å²) in [6.45, 7) is 0.274. The van der Waals surface area contributed by atoms with Crippen LogP contribution in [-0.4, -0.2) is 56.9 Å². The van der Waals surface area contributed by atoms with Gasteiger partial charge in [0.2, 0.25) is 0 Å². The van der Waals surface area contributed by atoms with E-state index in [-0.39, 0.29) is 18.2 Å². The van der Waals surface area contributed by atoms with Crippen LogP contribution in [0.15, 0.2) is 89.1 Å². The van der Waals surface area contributed by atoms with E-state index >= 15 is 0 Å². The Kier molecular flexibility index (Phi) is 7.57. The van der Waals surface area contributed by atoms with Gasteiger partial charge < -0.3 is 0 Å². The van der Waals surface area contributed by atoms with Crippen LogP contribution in [0.25, 0.3) is 0 Å². The van der Waals surface area contributed by atoms with Gasteiger partial charge in [-0.1, -0.05) is 60.7 Å². The number of hydrogen-bond acceptors (Lipinski definition) is 4. The Labute approximate surface area is 205 Å². The Hall–Kier alpha value is -3.17. The first-order valence-electron chi connectivity index (χ1n) is 11.1. The molecule has 4 rings (SSSR count). The third kappa shape index (κ3) is 5.91. The summed E-state index contributed by atoms with van der Waals surface area (Å²) >= 11 is 0. The molecule has 0 fully saturated rings. The first-order chi connectivity index (χ1) is 16.7. The van der Waals surface area contributed by atoms with Crippen LogP contribution in [0, 0.1) is 0 Å². The summed E-state index contributed by atoms with van der Waals surface area (Å²) in [6, 6.07) is 20.3. The van der Waals surface area contributed by atoms with Crippen LogP contribution in [0.4, 0.5) is 13.2 Å². The highest BCUT2D eigenvalue weighted by molar-refractivity contribution is 7.84. The summed E-state index contributed by atoms with van der Waals surface area (Å²) in [4.78, 5) is 13.4. The number of benzene rings is 2. The van der Waals surface area contributed by atoms with Gasteiger partial charge in [0.25, 0.3) is 0 Å².